The zero-order chi connectivity index (χ0) is 15.2. The highest BCUT2D eigenvalue weighted by molar-refractivity contribution is 6.31. The molecule has 0 fully saturated rings. The number of methoxy groups -OCH3 is 1. The van der Waals surface area contributed by atoms with Crippen molar-refractivity contribution in [1.29, 1.82) is 0 Å². The van der Waals surface area contributed by atoms with Gasteiger partial charge in [-0.1, -0.05) is 41.9 Å². The first-order valence-corrected chi connectivity index (χ1v) is 7.24. The third-order valence-electron chi connectivity index (χ3n) is 3.48. The fraction of sp³-hybridized carbons (Fsp3) is 0.294. The van der Waals surface area contributed by atoms with Crippen molar-refractivity contribution in [3.63, 3.8) is 0 Å². The Morgan fingerprint density at radius 2 is 1.90 bits per heavy atom. The molecule has 21 heavy (non-hydrogen) atoms. The average Bonchev–Trinajstić information content (AvgIpc) is 2.50. The van der Waals surface area contributed by atoms with Crippen molar-refractivity contribution < 1.29 is 9.13 Å². The summed E-state index contributed by atoms with van der Waals surface area (Å²) in [6.07, 6.45) is 0.863. The number of hydrogen-bond acceptors (Lipinski definition) is 2. The van der Waals surface area contributed by atoms with Crippen LogP contribution in [0.1, 0.15) is 22.7 Å². The third-order valence-corrected chi connectivity index (χ3v) is 3.81. The van der Waals surface area contributed by atoms with Crippen molar-refractivity contribution in [1.82, 2.24) is 5.32 Å². The molecule has 2 aromatic carbocycles. The van der Waals surface area contributed by atoms with Crippen molar-refractivity contribution in [2.24, 2.45) is 0 Å². The number of rotatable bonds is 6. The van der Waals surface area contributed by atoms with Crippen LogP contribution in [-0.4, -0.2) is 20.8 Å². The van der Waals surface area contributed by atoms with Crippen molar-refractivity contribution >= 4 is 11.6 Å². The first kappa shape index (κ1) is 16.0. The van der Waals surface area contributed by atoms with E-state index in [1.807, 2.05) is 24.3 Å². The molecule has 2 rings (SSSR count). The number of benzene rings is 2. The largest absolute Gasteiger partial charge is 0.384 e. The van der Waals surface area contributed by atoms with Gasteiger partial charge in [-0.15, -0.1) is 0 Å². The Labute approximate surface area is 129 Å². The molecule has 0 aromatic heterocycles. The molecule has 0 radical (unpaired) electrons. The molecule has 112 valence electrons. The quantitative estimate of drug-likeness (QED) is 0.871. The van der Waals surface area contributed by atoms with E-state index in [4.69, 9.17) is 16.3 Å². The summed E-state index contributed by atoms with van der Waals surface area (Å²) in [6.45, 7) is 0.688. The summed E-state index contributed by atoms with van der Waals surface area (Å²) in [4.78, 5) is 0. The van der Waals surface area contributed by atoms with E-state index in [0.29, 0.717) is 17.2 Å². The van der Waals surface area contributed by atoms with Crippen molar-refractivity contribution in [3.8, 4) is 0 Å². The topological polar surface area (TPSA) is 21.3 Å². The normalized spacial score (nSPS) is 12.4. The van der Waals surface area contributed by atoms with Crippen LogP contribution < -0.4 is 5.32 Å². The molecule has 0 aliphatic carbocycles. The maximum absolute atomic E-state index is 14.1. The summed E-state index contributed by atoms with van der Waals surface area (Å²) in [5.74, 6) is -0.301. The van der Waals surface area contributed by atoms with Gasteiger partial charge >= 0.3 is 0 Å². The van der Waals surface area contributed by atoms with Crippen LogP contribution >= 0.6 is 11.6 Å². The van der Waals surface area contributed by atoms with Gasteiger partial charge in [-0.25, -0.2) is 4.39 Å². The zero-order valence-electron chi connectivity index (χ0n) is 12.2. The minimum Gasteiger partial charge on any atom is -0.384 e. The predicted octanol–water partition coefficient (Wildman–Crippen LogP) is 3.98. The molecule has 1 atom stereocenters. The summed E-state index contributed by atoms with van der Waals surface area (Å²) < 4.78 is 19.1. The van der Waals surface area contributed by atoms with Gasteiger partial charge in [-0.05, 0) is 36.7 Å². The summed E-state index contributed by atoms with van der Waals surface area (Å²) >= 11 is 6.16. The minimum absolute atomic E-state index is 0.268. The lowest BCUT2D eigenvalue weighted by Crippen LogP contribution is -2.19. The first-order chi connectivity index (χ1) is 10.2. The maximum Gasteiger partial charge on any atom is 0.129 e. The van der Waals surface area contributed by atoms with Gasteiger partial charge in [0.15, 0.2) is 0 Å². The van der Waals surface area contributed by atoms with Crippen LogP contribution in [-0.2, 0) is 11.2 Å². The Bertz CT molecular complexity index is 566. The summed E-state index contributed by atoms with van der Waals surface area (Å²) in [5.41, 5.74) is 2.65. The van der Waals surface area contributed by atoms with Crippen LogP contribution in [0.4, 0.5) is 4.39 Å². The molecule has 0 aliphatic heterocycles. The van der Waals surface area contributed by atoms with E-state index in [0.717, 1.165) is 12.0 Å². The van der Waals surface area contributed by atoms with Crippen LogP contribution in [0.2, 0.25) is 5.02 Å². The van der Waals surface area contributed by atoms with Crippen molar-refractivity contribution in [2.75, 3.05) is 20.8 Å². The minimum atomic E-state index is -0.301. The molecule has 1 N–H and O–H groups in total. The average molecular weight is 308 g/mol. The molecular weight excluding hydrogens is 289 g/mol. The van der Waals surface area contributed by atoms with Crippen LogP contribution in [0.25, 0.3) is 0 Å². The number of nitrogens with one attached hydrogen (secondary N) is 1. The predicted molar refractivity (Wildman–Crippen MR) is 84.3 cm³/mol. The van der Waals surface area contributed by atoms with E-state index < -0.39 is 0 Å². The van der Waals surface area contributed by atoms with E-state index >= 15 is 0 Å². The Kier molecular flexibility index (Phi) is 5.74. The number of hydrogen-bond donors (Lipinski definition) is 1. The second-order valence-corrected chi connectivity index (χ2v) is 5.25. The smallest absolute Gasteiger partial charge is 0.129 e. The molecule has 2 nitrogen and oxygen atoms in total. The van der Waals surface area contributed by atoms with Gasteiger partial charge in [0.05, 0.1) is 12.6 Å². The highest BCUT2D eigenvalue weighted by atomic mass is 35.5. The lowest BCUT2D eigenvalue weighted by Gasteiger charge is -2.19. The number of ether oxygens (including phenoxy) is 1. The second-order valence-electron chi connectivity index (χ2n) is 4.84. The van der Waals surface area contributed by atoms with E-state index in [1.54, 1.807) is 26.3 Å². The lowest BCUT2D eigenvalue weighted by molar-refractivity contribution is 0.202. The standard InChI is InChI=1S/C17H19ClFNO/c1-20-17(16-14(18)4-3-5-15(16)19)13-8-6-12(7-9-13)10-11-21-2/h3-9,17,20H,10-11H2,1-2H3. The van der Waals surface area contributed by atoms with Gasteiger partial charge < -0.3 is 10.1 Å². The molecule has 0 saturated carbocycles. The highest BCUT2D eigenvalue weighted by Gasteiger charge is 2.19. The van der Waals surface area contributed by atoms with Gasteiger partial charge in [0.2, 0.25) is 0 Å². The van der Waals surface area contributed by atoms with E-state index in [2.05, 4.69) is 5.32 Å². The van der Waals surface area contributed by atoms with E-state index in [9.17, 15) is 4.39 Å². The van der Waals surface area contributed by atoms with Gasteiger partial charge in [0.25, 0.3) is 0 Å². The van der Waals surface area contributed by atoms with Crippen LogP contribution in [0, 0.1) is 5.82 Å². The maximum atomic E-state index is 14.1. The zero-order valence-corrected chi connectivity index (χ0v) is 13.0. The lowest BCUT2D eigenvalue weighted by atomic mass is 9.97. The highest BCUT2D eigenvalue weighted by Crippen LogP contribution is 2.30. The molecule has 4 heteroatoms. The molecule has 0 bridgehead atoms. The van der Waals surface area contributed by atoms with Crippen molar-refractivity contribution in [2.45, 2.75) is 12.5 Å². The van der Waals surface area contributed by atoms with Gasteiger partial charge in [-0.2, -0.15) is 0 Å². The van der Waals surface area contributed by atoms with E-state index in [1.165, 1.54) is 11.6 Å². The van der Waals surface area contributed by atoms with Crippen LogP contribution in [0.15, 0.2) is 42.5 Å². The molecule has 0 amide bonds. The molecule has 1 unspecified atom stereocenters. The fourth-order valence-electron chi connectivity index (χ4n) is 2.36. The second kappa shape index (κ2) is 7.55. The van der Waals surface area contributed by atoms with Crippen LogP contribution in [0.3, 0.4) is 0 Å². The summed E-state index contributed by atoms with van der Waals surface area (Å²) in [7, 11) is 3.48. The fourth-order valence-corrected chi connectivity index (χ4v) is 2.63. The number of halogens is 2. The third kappa shape index (κ3) is 3.82. The molecule has 0 heterocycles. The molecular formula is C17H19ClFNO. The van der Waals surface area contributed by atoms with E-state index in [-0.39, 0.29) is 11.9 Å². The molecule has 0 saturated heterocycles. The summed E-state index contributed by atoms with van der Waals surface area (Å²) in [5, 5.41) is 3.56. The Balaban J connectivity index is 2.29. The van der Waals surface area contributed by atoms with Crippen molar-refractivity contribution in [3.05, 3.63) is 70.0 Å². The Morgan fingerprint density at radius 3 is 2.48 bits per heavy atom. The Hall–Kier alpha value is -1.42. The molecule has 0 aliphatic rings. The first-order valence-electron chi connectivity index (χ1n) is 6.86. The summed E-state index contributed by atoms with van der Waals surface area (Å²) in [6, 6.07) is 12.5. The Morgan fingerprint density at radius 1 is 1.19 bits per heavy atom. The van der Waals surface area contributed by atoms with Gasteiger partial charge in [0, 0.05) is 17.7 Å². The van der Waals surface area contributed by atoms with Gasteiger partial charge in [-0.3, -0.25) is 0 Å². The molecule has 2 aromatic rings. The van der Waals surface area contributed by atoms with Gasteiger partial charge in [0.1, 0.15) is 5.82 Å². The SMILES string of the molecule is CNC(c1ccc(CCOC)cc1)c1c(F)cccc1Cl. The molecule has 0 spiro atoms. The monoisotopic (exact) mass is 307 g/mol. The van der Waals surface area contributed by atoms with Crippen LogP contribution in [0.5, 0.6) is 0 Å².